The average Bonchev–Trinajstić information content (AvgIpc) is 2.57. The topological polar surface area (TPSA) is 30.9 Å². The molecule has 6 heteroatoms. The van der Waals surface area contributed by atoms with Gasteiger partial charge in [0.2, 0.25) is 0 Å². The van der Waals surface area contributed by atoms with E-state index in [0.29, 0.717) is 25.2 Å². The molecule has 0 unspecified atom stereocenters. The molecular weight excluding hydrogens is 442 g/mol. The number of halogens is 2. The lowest BCUT2D eigenvalue weighted by molar-refractivity contribution is 0.392. The van der Waals surface area contributed by atoms with E-state index in [9.17, 15) is 4.39 Å². The van der Waals surface area contributed by atoms with E-state index in [2.05, 4.69) is 22.4 Å². The molecule has 4 nitrogen and oxygen atoms in total. The Balaban J connectivity index is 0.00000338. The molecule has 0 aromatic heterocycles. The summed E-state index contributed by atoms with van der Waals surface area (Å²) < 4.78 is 14.2. The zero-order valence-corrected chi connectivity index (χ0v) is 18.2. The van der Waals surface area contributed by atoms with Gasteiger partial charge in [0.1, 0.15) is 5.82 Å². The maximum Gasteiger partial charge on any atom is 0.194 e. The fourth-order valence-corrected chi connectivity index (χ4v) is 2.46. The number of benzene rings is 2. The highest BCUT2D eigenvalue weighted by molar-refractivity contribution is 14.0. The molecule has 0 atom stereocenters. The lowest BCUT2D eigenvalue weighted by Crippen LogP contribution is -2.36. The van der Waals surface area contributed by atoms with Crippen molar-refractivity contribution in [1.82, 2.24) is 15.1 Å². The SMILES string of the molecule is CN(C)Cc1ccc(CN=C(NCc2ccccc2)N(C)C)cc1F.I. The van der Waals surface area contributed by atoms with Crippen LogP contribution in [0.2, 0.25) is 0 Å². The minimum Gasteiger partial charge on any atom is -0.352 e. The normalized spacial score (nSPS) is 11.2. The number of hydrogen-bond acceptors (Lipinski definition) is 2. The van der Waals surface area contributed by atoms with Crippen molar-refractivity contribution in [2.24, 2.45) is 4.99 Å². The highest BCUT2D eigenvalue weighted by Crippen LogP contribution is 2.13. The van der Waals surface area contributed by atoms with Gasteiger partial charge in [0.05, 0.1) is 6.54 Å². The highest BCUT2D eigenvalue weighted by atomic mass is 127. The summed E-state index contributed by atoms with van der Waals surface area (Å²) in [5.41, 5.74) is 2.75. The second kappa shape index (κ2) is 11.1. The largest absolute Gasteiger partial charge is 0.352 e. The van der Waals surface area contributed by atoms with Crippen LogP contribution in [0.15, 0.2) is 53.5 Å². The van der Waals surface area contributed by atoms with Crippen LogP contribution in [0.1, 0.15) is 16.7 Å². The van der Waals surface area contributed by atoms with Crippen molar-refractivity contribution >= 4 is 29.9 Å². The molecule has 0 aliphatic carbocycles. The first-order chi connectivity index (χ1) is 12.0. The van der Waals surface area contributed by atoms with Crippen LogP contribution in [0.25, 0.3) is 0 Å². The first kappa shape index (κ1) is 22.4. The predicted molar refractivity (Wildman–Crippen MR) is 117 cm³/mol. The van der Waals surface area contributed by atoms with Crippen molar-refractivity contribution in [2.45, 2.75) is 19.6 Å². The van der Waals surface area contributed by atoms with Gasteiger partial charge in [-0.2, -0.15) is 0 Å². The van der Waals surface area contributed by atoms with Gasteiger partial charge in [-0.25, -0.2) is 9.38 Å². The highest BCUT2D eigenvalue weighted by Gasteiger charge is 2.06. The maximum atomic E-state index is 14.2. The fraction of sp³-hybridized carbons (Fsp3) is 0.350. The van der Waals surface area contributed by atoms with E-state index in [0.717, 1.165) is 11.5 Å². The molecule has 0 bridgehead atoms. The monoisotopic (exact) mass is 470 g/mol. The van der Waals surface area contributed by atoms with E-state index in [-0.39, 0.29) is 29.8 Å². The third-order valence-electron chi connectivity index (χ3n) is 3.73. The fourth-order valence-electron chi connectivity index (χ4n) is 2.46. The van der Waals surface area contributed by atoms with Crippen LogP contribution >= 0.6 is 24.0 Å². The van der Waals surface area contributed by atoms with E-state index < -0.39 is 0 Å². The Morgan fingerprint density at radius 3 is 2.27 bits per heavy atom. The Labute approximate surface area is 173 Å². The summed E-state index contributed by atoms with van der Waals surface area (Å²) in [6, 6.07) is 15.5. The predicted octanol–water partition coefficient (Wildman–Crippen LogP) is 3.71. The molecule has 0 aliphatic heterocycles. The van der Waals surface area contributed by atoms with Crippen molar-refractivity contribution in [3.8, 4) is 0 Å². The summed E-state index contributed by atoms with van der Waals surface area (Å²) >= 11 is 0. The third kappa shape index (κ3) is 7.29. The minimum absolute atomic E-state index is 0. The van der Waals surface area contributed by atoms with Crippen LogP contribution in [0, 0.1) is 5.82 Å². The van der Waals surface area contributed by atoms with Gasteiger partial charge < -0.3 is 15.1 Å². The van der Waals surface area contributed by atoms with E-state index >= 15 is 0 Å². The van der Waals surface area contributed by atoms with Crippen molar-refractivity contribution in [3.63, 3.8) is 0 Å². The molecule has 0 saturated heterocycles. The summed E-state index contributed by atoms with van der Waals surface area (Å²) in [4.78, 5) is 8.48. The Morgan fingerprint density at radius 2 is 1.69 bits per heavy atom. The van der Waals surface area contributed by atoms with Gasteiger partial charge in [0.25, 0.3) is 0 Å². The molecule has 0 radical (unpaired) electrons. The summed E-state index contributed by atoms with van der Waals surface area (Å²) in [5.74, 6) is 0.603. The van der Waals surface area contributed by atoms with Crippen LogP contribution in [0.4, 0.5) is 4.39 Å². The molecule has 0 amide bonds. The number of rotatable bonds is 6. The molecule has 1 N–H and O–H groups in total. The molecule has 0 heterocycles. The molecule has 0 fully saturated rings. The maximum absolute atomic E-state index is 14.2. The summed E-state index contributed by atoms with van der Waals surface area (Å²) in [6.45, 7) is 1.74. The number of aliphatic imine (C=N–C) groups is 1. The number of hydrogen-bond donors (Lipinski definition) is 1. The van der Waals surface area contributed by atoms with Gasteiger partial charge >= 0.3 is 0 Å². The molecule has 2 rings (SSSR count). The summed E-state index contributed by atoms with van der Waals surface area (Å²) in [7, 11) is 7.74. The van der Waals surface area contributed by atoms with Gasteiger partial charge in [-0.1, -0.05) is 42.5 Å². The summed E-state index contributed by atoms with van der Waals surface area (Å²) in [6.07, 6.45) is 0. The lowest BCUT2D eigenvalue weighted by Gasteiger charge is -2.18. The van der Waals surface area contributed by atoms with Gasteiger partial charge in [-0.05, 0) is 31.3 Å². The molecule has 0 saturated carbocycles. The first-order valence-electron chi connectivity index (χ1n) is 8.37. The van der Waals surface area contributed by atoms with Gasteiger partial charge in [0, 0.05) is 32.7 Å². The van der Waals surface area contributed by atoms with Crippen molar-refractivity contribution in [2.75, 3.05) is 28.2 Å². The van der Waals surface area contributed by atoms with Gasteiger partial charge in [-0.3, -0.25) is 0 Å². The second-order valence-electron chi connectivity index (χ2n) is 6.54. The van der Waals surface area contributed by atoms with Crippen LogP contribution in [0.5, 0.6) is 0 Å². The Hall–Kier alpha value is -1.67. The quantitative estimate of drug-likeness (QED) is 0.397. The van der Waals surface area contributed by atoms with E-state index in [1.54, 1.807) is 6.07 Å². The standard InChI is InChI=1S/C20H27FN4.HI/c1-24(2)15-18-11-10-17(12-19(18)21)14-23-20(25(3)4)22-13-16-8-6-5-7-9-16;/h5-12H,13-15H2,1-4H3,(H,22,23);1H. The Kier molecular flexibility index (Phi) is 9.58. The first-order valence-corrected chi connectivity index (χ1v) is 8.37. The van der Waals surface area contributed by atoms with Crippen molar-refractivity contribution < 1.29 is 4.39 Å². The van der Waals surface area contributed by atoms with E-state index in [1.807, 2.05) is 68.3 Å². The Morgan fingerprint density at radius 1 is 1.00 bits per heavy atom. The lowest BCUT2D eigenvalue weighted by atomic mass is 10.1. The zero-order chi connectivity index (χ0) is 18.2. The van der Waals surface area contributed by atoms with Crippen LogP contribution in [-0.2, 0) is 19.6 Å². The smallest absolute Gasteiger partial charge is 0.194 e. The van der Waals surface area contributed by atoms with E-state index in [1.165, 1.54) is 5.56 Å². The van der Waals surface area contributed by atoms with Crippen LogP contribution < -0.4 is 5.32 Å². The molecule has 26 heavy (non-hydrogen) atoms. The second-order valence-corrected chi connectivity index (χ2v) is 6.54. The zero-order valence-electron chi connectivity index (χ0n) is 15.9. The van der Waals surface area contributed by atoms with Gasteiger partial charge in [-0.15, -0.1) is 24.0 Å². The van der Waals surface area contributed by atoms with Crippen molar-refractivity contribution in [3.05, 3.63) is 71.0 Å². The number of guanidine groups is 1. The molecule has 0 aliphatic rings. The number of nitrogens with zero attached hydrogens (tertiary/aromatic N) is 3. The Bertz CT molecular complexity index is 702. The molecular formula is C20H28FIN4. The summed E-state index contributed by atoms with van der Waals surface area (Å²) in [5, 5.41) is 3.33. The van der Waals surface area contributed by atoms with Gasteiger partial charge in [0.15, 0.2) is 5.96 Å². The molecule has 2 aromatic carbocycles. The van der Waals surface area contributed by atoms with Crippen molar-refractivity contribution in [1.29, 1.82) is 0 Å². The minimum atomic E-state index is -0.176. The van der Waals surface area contributed by atoms with Crippen LogP contribution in [0.3, 0.4) is 0 Å². The van der Waals surface area contributed by atoms with Crippen LogP contribution in [-0.4, -0.2) is 44.0 Å². The van der Waals surface area contributed by atoms with E-state index in [4.69, 9.17) is 0 Å². The molecule has 2 aromatic rings. The molecule has 142 valence electrons. The third-order valence-corrected chi connectivity index (χ3v) is 3.73. The molecule has 0 spiro atoms. The number of nitrogens with one attached hydrogen (secondary N) is 1. The average molecular weight is 470 g/mol.